The first-order chi connectivity index (χ1) is 25.8. The van der Waals surface area contributed by atoms with Crippen LogP contribution in [0.2, 0.25) is 0 Å². The van der Waals surface area contributed by atoms with E-state index in [0.717, 1.165) is 44.2 Å². The lowest BCUT2D eigenvalue weighted by Gasteiger charge is -2.59. The average molecular weight is 744 g/mol. The highest BCUT2D eigenvalue weighted by Gasteiger charge is 2.68. The van der Waals surface area contributed by atoms with Crippen LogP contribution >= 0.6 is 0 Å². The molecule has 12 heteroatoms. The molecule has 0 bridgehead atoms. The van der Waals surface area contributed by atoms with Gasteiger partial charge in [0.1, 0.15) is 16.9 Å². The summed E-state index contributed by atoms with van der Waals surface area (Å²) in [4.78, 5) is 55.9. The second kappa shape index (κ2) is 12.6. The number of hydrogen-bond acceptors (Lipinski definition) is 10. The summed E-state index contributed by atoms with van der Waals surface area (Å²) in [5.41, 5.74) is -2.57. The standard InChI is InChI=1S/C42H50FN3O8/c1-40-12-10-25(47)15-23(40)6-9-26-29-11-13-42(52,41(29,2)17-32(48)34(26)40)33(49)21-54-39(51)28-19-46(24-7-8-24)35-27(37(28)50)16-30(43)36(38(35)53-3)45-18-22-5-4-14-44-31(22)20-45/h10,12,15-16,19,22,24,26,29,31-32,34,44,48,52H,4-9,11,13-14,17-18,20-21H2,1-3H3/t22-,26+,29+,31+,32+,34-,40+,41+,42+/m0/s1. The molecule has 5 aliphatic carbocycles. The summed E-state index contributed by atoms with van der Waals surface area (Å²) in [6.07, 6.45) is 11.9. The van der Waals surface area contributed by atoms with Crippen molar-refractivity contribution in [2.75, 3.05) is 38.3 Å². The number of allylic oxidation sites excluding steroid dienone is 4. The number of aliphatic hydroxyl groups excluding tert-OH is 1. The number of fused-ring (bicyclic) bond motifs is 7. The summed E-state index contributed by atoms with van der Waals surface area (Å²) < 4.78 is 29.4. The largest absolute Gasteiger partial charge is 0.492 e. The summed E-state index contributed by atoms with van der Waals surface area (Å²) >= 11 is 0. The first kappa shape index (κ1) is 35.8. The Labute approximate surface area is 313 Å². The fourth-order valence-corrected chi connectivity index (χ4v) is 12.1. The van der Waals surface area contributed by atoms with E-state index < -0.39 is 52.1 Å². The SMILES string of the molecule is COc1c(N2C[C@@H]3CCCN[C@@H]3C2)c(F)cc2c(=O)c(C(=O)OCC(=O)[C@]3(O)CC[C@@H]4[C@H]5CCC6=CC(=O)C=C[C@@]6(C)[C@@H]5[C@H](O)C[C@]43C)cn(C3CC3)c12. The number of aromatic nitrogens is 1. The number of pyridine rings is 1. The molecule has 0 amide bonds. The van der Waals surface area contributed by atoms with Gasteiger partial charge in [0.05, 0.1) is 24.1 Å². The van der Waals surface area contributed by atoms with Crippen LogP contribution in [0.4, 0.5) is 10.1 Å². The third kappa shape index (κ3) is 5.15. The molecule has 9 atom stereocenters. The van der Waals surface area contributed by atoms with Crippen LogP contribution in [0, 0.1) is 40.3 Å². The molecule has 0 spiro atoms. The fraction of sp³-hybridized carbons (Fsp3) is 0.619. The number of halogens is 1. The molecule has 9 rings (SSSR count). The number of anilines is 1. The zero-order valence-corrected chi connectivity index (χ0v) is 31.2. The fourth-order valence-electron chi connectivity index (χ4n) is 12.1. The number of benzene rings is 1. The number of hydrogen-bond donors (Lipinski definition) is 3. The van der Waals surface area contributed by atoms with Crippen molar-refractivity contribution in [1.29, 1.82) is 0 Å². The van der Waals surface area contributed by atoms with Gasteiger partial charge in [0.15, 0.2) is 24.0 Å². The van der Waals surface area contributed by atoms with Crippen molar-refractivity contribution in [1.82, 2.24) is 9.88 Å². The van der Waals surface area contributed by atoms with E-state index in [1.807, 2.05) is 22.5 Å². The predicted octanol–water partition coefficient (Wildman–Crippen LogP) is 4.41. The predicted molar refractivity (Wildman–Crippen MR) is 198 cm³/mol. The maximum atomic E-state index is 16.1. The van der Waals surface area contributed by atoms with E-state index in [1.54, 1.807) is 12.2 Å². The molecule has 3 heterocycles. The molecule has 2 aliphatic heterocycles. The number of ketones is 2. The number of aliphatic hydroxyl groups is 2. The van der Waals surface area contributed by atoms with E-state index >= 15 is 4.39 Å². The van der Waals surface area contributed by atoms with Gasteiger partial charge in [0.25, 0.3) is 0 Å². The first-order valence-electron chi connectivity index (χ1n) is 19.8. The van der Waals surface area contributed by atoms with Gasteiger partial charge in [-0.15, -0.1) is 0 Å². The van der Waals surface area contributed by atoms with Crippen LogP contribution in [0.15, 0.2) is 40.9 Å². The molecule has 4 saturated carbocycles. The normalized spacial score (nSPS) is 37.0. The van der Waals surface area contributed by atoms with Crippen LogP contribution in [-0.4, -0.2) is 83.4 Å². The second-order valence-corrected chi connectivity index (χ2v) is 17.6. The Morgan fingerprint density at radius 1 is 1.11 bits per heavy atom. The maximum absolute atomic E-state index is 16.1. The number of methoxy groups -OCH3 is 1. The van der Waals surface area contributed by atoms with Crippen molar-refractivity contribution in [3.63, 3.8) is 0 Å². The molecule has 2 aromatic rings. The van der Waals surface area contributed by atoms with Crippen LogP contribution < -0.4 is 20.4 Å². The van der Waals surface area contributed by atoms with Crippen LogP contribution in [0.1, 0.15) is 88.0 Å². The Hall–Kier alpha value is -3.87. The van der Waals surface area contributed by atoms with Gasteiger partial charge in [-0.05, 0) is 100 Å². The molecular formula is C42H50FN3O8. The molecule has 3 N–H and O–H groups in total. The summed E-state index contributed by atoms with van der Waals surface area (Å²) in [5, 5.41) is 27.4. The number of Topliss-reactive ketones (excluding diaryl/α,β-unsaturated/α-hetero) is 1. The smallest absolute Gasteiger partial charge is 0.344 e. The van der Waals surface area contributed by atoms with Crippen LogP contribution in [-0.2, 0) is 14.3 Å². The Kier molecular flexibility index (Phi) is 8.34. The summed E-state index contributed by atoms with van der Waals surface area (Å²) in [6, 6.07) is 1.43. The van der Waals surface area contributed by atoms with E-state index in [-0.39, 0.29) is 65.2 Å². The third-order valence-electron chi connectivity index (χ3n) is 14.9. The Bertz CT molecular complexity index is 2080. The quantitative estimate of drug-likeness (QED) is 0.349. The van der Waals surface area contributed by atoms with E-state index in [4.69, 9.17) is 9.47 Å². The van der Waals surface area contributed by atoms with E-state index in [0.29, 0.717) is 43.1 Å². The number of piperidine rings is 1. The van der Waals surface area contributed by atoms with Crippen LogP contribution in [0.5, 0.6) is 5.75 Å². The van der Waals surface area contributed by atoms with Crippen molar-refractivity contribution in [3.05, 3.63) is 57.7 Å². The molecule has 0 unspecified atom stereocenters. The molecule has 6 fully saturated rings. The van der Waals surface area contributed by atoms with Crippen molar-refractivity contribution in [2.45, 2.75) is 95.4 Å². The minimum atomic E-state index is -1.85. The zero-order chi connectivity index (χ0) is 37.9. The molecule has 7 aliphatic rings. The molecule has 1 aromatic heterocycles. The lowest BCUT2D eigenvalue weighted by Crippen LogP contribution is -2.61. The van der Waals surface area contributed by atoms with E-state index in [1.165, 1.54) is 19.4 Å². The van der Waals surface area contributed by atoms with Crippen molar-refractivity contribution >= 4 is 34.1 Å². The van der Waals surface area contributed by atoms with Gasteiger partial charge in [-0.3, -0.25) is 14.4 Å². The molecule has 54 heavy (non-hydrogen) atoms. The van der Waals surface area contributed by atoms with Gasteiger partial charge in [-0.25, -0.2) is 9.18 Å². The Morgan fingerprint density at radius 2 is 1.91 bits per heavy atom. The highest BCUT2D eigenvalue weighted by atomic mass is 19.1. The minimum absolute atomic E-state index is 0.00222. The zero-order valence-electron chi connectivity index (χ0n) is 31.2. The maximum Gasteiger partial charge on any atom is 0.344 e. The van der Waals surface area contributed by atoms with Gasteiger partial charge in [-0.2, -0.15) is 0 Å². The molecule has 0 radical (unpaired) electrons. The average Bonchev–Trinajstić information content (AvgIpc) is 3.84. The monoisotopic (exact) mass is 743 g/mol. The summed E-state index contributed by atoms with van der Waals surface area (Å²) in [5.74, 6) is -1.89. The molecule has 1 aromatic carbocycles. The van der Waals surface area contributed by atoms with Crippen LogP contribution in [0.25, 0.3) is 10.9 Å². The minimum Gasteiger partial charge on any atom is -0.492 e. The number of ether oxygens (including phenoxy) is 2. The summed E-state index contributed by atoms with van der Waals surface area (Å²) in [7, 11) is 1.47. The van der Waals surface area contributed by atoms with Gasteiger partial charge >= 0.3 is 5.97 Å². The lowest BCUT2D eigenvalue weighted by atomic mass is 9.46. The third-order valence-corrected chi connectivity index (χ3v) is 14.9. The van der Waals surface area contributed by atoms with Crippen molar-refractivity contribution in [2.24, 2.45) is 34.5 Å². The highest BCUT2D eigenvalue weighted by Crippen LogP contribution is 2.67. The first-order valence-corrected chi connectivity index (χ1v) is 19.8. The lowest BCUT2D eigenvalue weighted by molar-refractivity contribution is -0.178. The van der Waals surface area contributed by atoms with Gasteiger partial charge in [-0.1, -0.05) is 25.5 Å². The second-order valence-electron chi connectivity index (χ2n) is 17.6. The van der Waals surface area contributed by atoms with E-state index in [9.17, 15) is 29.4 Å². The molecule has 288 valence electrons. The molecular weight excluding hydrogens is 693 g/mol. The number of nitrogens with one attached hydrogen (secondary N) is 1. The van der Waals surface area contributed by atoms with Gasteiger partial charge < -0.3 is 34.5 Å². The number of rotatable bonds is 7. The number of nitrogens with zero attached hydrogens (tertiary/aromatic N) is 2. The number of carbonyl (C=O) groups is 3. The van der Waals surface area contributed by atoms with Gasteiger partial charge in [0.2, 0.25) is 11.2 Å². The Morgan fingerprint density at radius 3 is 2.65 bits per heavy atom. The van der Waals surface area contributed by atoms with Crippen molar-refractivity contribution < 1.29 is 38.5 Å². The topological polar surface area (TPSA) is 147 Å². The number of carbonyl (C=O) groups excluding carboxylic acids is 3. The molecule has 2 saturated heterocycles. The van der Waals surface area contributed by atoms with E-state index in [2.05, 4.69) is 12.2 Å². The number of esters is 1. The summed E-state index contributed by atoms with van der Waals surface area (Å²) in [6.45, 7) is 5.41. The van der Waals surface area contributed by atoms with Crippen molar-refractivity contribution in [3.8, 4) is 5.75 Å². The van der Waals surface area contributed by atoms with Gasteiger partial charge in [0, 0.05) is 48.1 Å². The highest BCUT2D eigenvalue weighted by molar-refractivity contribution is 6.01. The van der Waals surface area contributed by atoms with Crippen LogP contribution in [0.3, 0.4) is 0 Å². The Balaban J connectivity index is 0.975. The molecule has 11 nitrogen and oxygen atoms in total.